The Morgan fingerprint density at radius 3 is 2.39 bits per heavy atom. The molecule has 0 radical (unpaired) electrons. The van der Waals surface area contributed by atoms with Crippen LogP contribution < -0.4 is 22.1 Å². The normalized spacial score (nSPS) is 11.7. The lowest BCUT2D eigenvalue weighted by molar-refractivity contribution is 0.1000. The predicted octanol–water partition coefficient (Wildman–Crippen LogP) is 2.13. The summed E-state index contributed by atoms with van der Waals surface area (Å²) in [5.74, 6) is -0.433. The van der Waals surface area contributed by atoms with Gasteiger partial charge in [-0.15, -0.1) is 0 Å². The molecule has 0 heterocycles. The zero-order valence-electron chi connectivity index (χ0n) is 12.9. The fourth-order valence-electron chi connectivity index (χ4n) is 2.22. The van der Waals surface area contributed by atoms with E-state index in [0.717, 1.165) is 11.1 Å². The fraction of sp³-hybridized carbons (Fsp3) is 0.176. The first-order chi connectivity index (χ1) is 11.0. The van der Waals surface area contributed by atoms with Gasteiger partial charge >= 0.3 is 6.03 Å². The van der Waals surface area contributed by atoms with Crippen LogP contribution in [0.2, 0.25) is 0 Å². The van der Waals surface area contributed by atoms with E-state index in [2.05, 4.69) is 10.6 Å². The molecule has 0 spiro atoms. The molecule has 2 aromatic rings. The largest absolute Gasteiger partial charge is 0.366 e. The van der Waals surface area contributed by atoms with Crippen molar-refractivity contribution in [2.45, 2.75) is 19.5 Å². The minimum absolute atomic E-state index is 0.106. The number of carbonyl (C=O) groups is 2. The first-order valence-electron chi connectivity index (χ1n) is 7.24. The van der Waals surface area contributed by atoms with Gasteiger partial charge in [0.1, 0.15) is 0 Å². The van der Waals surface area contributed by atoms with Crippen molar-refractivity contribution in [3.8, 4) is 0 Å². The summed E-state index contributed by atoms with van der Waals surface area (Å²) in [6, 6.07) is 14.2. The van der Waals surface area contributed by atoms with E-state index < -0.39 is 11.9 Å². The van der Waals surface area contributed by atoms with Crippen molar-refractivity contribution >= 4 is 17.6 Å². The summed E-state index contributed by atoms with van der Waals surface area (Å²) in [6.45, 7) is 2.65. The summed E-state index contributed by atoms with van der Waals surface area (Å²) < 4.78 is 0. The van der Waals surface area contributed by atoms with Crippen LogP contribution in [0, 0.1) is 0 Å². The average Bonchev–Trinajstić information content (AvgIpc) is 2.53. The van der Waals surface area contributed by atoms with Gasteiger partial charge in [-0.25, -0.2) is 4.79 Å². The van der Waals surface area contributed by atoms with Crippen molar-refractivity contribution in [2.75, 3.05) is 5.32 Å². The van der Waals surface area contributed by atoms with Crippen LogP contribution in [0.3, 0.4) is 0 Å². The zero-order valence-corrected chi connectivity index (χ0v) is 12.9. The van der Waals surface area contributed by atoms with E-state index >= 15 is 0 Å². The van der Waals surface area contributed by atoms with Gasteiger partial charge in [-0.05, 0) is 42.3 Å². The van der Waals surface area contributed by atoms with E-state index in [4.69, 9.17) is 11.5 Å². The number of amides is 3. The van der Waals surface area contributed by atoms with E-state index in [1.54, 1.807) is 24.3 Å². The van der Waals surface area contributed by atoms with E-state index in [-0.39, 0.29) is 6.04 Å². The maximum Gasteiger partial charge on any atom is 0.316 e. The number of benzene rings is 2. The van der Waals surface area contributed by atoms with Gasteiger partial charge in [-0.3, -0.25) is 4.79 Å². The molecule has 1 unspecified atom stereocenters. The SMILES string of the molecule is CC(NCc1cccc(C(N)=O)c1)c1ccc(NC(N)=O)cc1. The first kappa shape index (κ1) is 16.5. The summed E-state index contributed by atoms with van der Waals surface area (Å²) in [7, 11) is 0. The average molecular weight is 312 g/mol. The predicted molar refractivity (Wildman–Crippen MR) is 89.9 cm³/mol. The lowest BCUT2D eigenvalue weighted by Crippen LogP contribution is -2.20. The Bertz CT molecular complexity index is 698. The molecule has 6 heteroatoms. The Morgan fingerprint density at radius 1 is 1.09 bits per heavy atom. The summed E-state index contributed by atoms with van der Waals surface area (Å²) in [6.07, 6.45) is 0. The van der Waals surface area contributed by atoms with Crippen molar-refractivity contribution < 1.29 is 9.59 Å². The molecule has 2 aromatic carbocycles. The standard InChI is InChI=1S/C17H20N4O2/c1-11(13-5-7-15(8-6-13)21-17(19)23)20-10-12-3-2-4-14(9-12)16(18)22/h2-9,11,20H,10H2,1H3,(H2,18,22)(H3,19,21,23). The molecule has 23 heavy (non-hydrogen) atoms. The molecule has 120 valence electrons. The molecule has 6 N–H and O–H groups in total. The lowest BCUT2D eigenvalue weighted by atomic mass is 10.1. The fourth-order valence-corrected chi connectivity index (χ4v) is 2.22. The van der Waals surface area contributed by atoms with Crippen LogP contribution in [0.4, 0.5) is 10.5 Å². The second kappa shape index (κ2) is 7.42. The Labute approximate surface area is 134 Å². The summed E-state index contributed by atoms with van der Waals surface area (Å²) in [4.78, 5) is 22.0. The highest BCUT2D eigenvalue weighted by Gasteiger charge is 2.07. The third-order valence-corrected chi connectivity index (χ3v) is 3.50. The Morgan fingerprint density at radius 2 is 1.78 bits per heavy atom. The second-order valence-corrected chi connectivity index (χ2v) is 5.28. The van der Waals surface area contributed by atoms with Gasteiger partial charge in [0, 0.05) is 23.8 Å². The summed E-state index contributed by atoms with van der Waals surface area (Å²) in [5, 5.41) is 5.90. The Hall–Kier alpha value is -2.86. The molecular formula is C17H20N4O2. The molecule has 2 rings (SSSR count). The van der Waals surface area contributed by atoms with Crippen molar-refractivity contribution in [1.29, 1.82) is 0 Å². The van der Waals surface area contributed by atoms with Crippen LogP contribution in [-0.2, 0) is 6.54 Å². The van der Waals surface area contributed by atoms with Crippen molar-refractivity contribution in [3.05, 3.63) is 65.2 Å². The van der Waals surface area contributed by atoms with Crippen LogP contribution in [0.5, 0.6) is 0 Å². The smallest absolute Gasteiger partial charge is 0.316 e. The van der Waals surface area contributed by atoms with Gasteiger partial charge in [-0.2, -0.15) is 0 Å². The lowest BCUT2D eigenvalue weighted by Gasteiger charge is -2.15. The maximum atomic E-state index is 11.2. The number of nitrogens with one attached hydrogen (secondary N) is 2. The van der Waals surface area contributed by atoms with Gasteiger partial charge in [-0.1, -0.05) is 24.3 Å². The van der Waals surface area contributed by atoms with Crippen LogP contribution in [0.25, 0.3) is 0 Å². The van der Waals surface area contributed by atoms with Crippen molar-refractivity contribution in [1.82, 2.24) is 5.32 Å². The third-order valence-electron chi connectivity index (χ3n) is 3.50. The monoisotopic (exact) mass is 312 g/mol. The molecule has 0 saturated carbocycles. The number of hydrogen-bond acceptors (Lipinski definition) is 3. The number of rotatable bonds is 6. The molecule has 0 aromatic heterocycles. The van der Waals surface area contributed by atoms with Crippen LogP contribution in [0.15, 0.2) is 48.5 Å². The minimum Gasteiger partial charge on any atom is -0.366 e. The van der Waals surface area contributed by atoms with Gasteiger partial charge in [0.15, 0.2) is 0 Å². The zero-order chi connectivity index (χ0) is 16.8. The minimum atomic E-state index is -0.585. The highest BCUT2D eigenvalue weighted by atomic mass is 16.2. The molecule has 1 atom stereocenters. The molecular weight excluding hydrogens is 292 g/mol. The number of anilines is 1. The number of nitrogens with two attached hydrogens (primary N) is 2. The Balaban J connectivity index is 1.96. The molecule has 0 saturated heterocycles. The maximum absolute atomic E-state index is 11.2. The van der Waals surface area contributed by atoms with Gasteiger partial charge in [0.2, 0.25) is 5.91 Å². The summed E-state index contributed by atoms with van der Waals surface area (Å²) in [5.41, 5.74) is 13.6. The molecule has 3 amide bonds. The highest BCUT2D eigenvalue weighted by molar-refractivity contribution is 5.92. The van der Waals surface area contributed by atoms with E-state index in [9.17, 15) is 9.59 Å². The van der Waals surface area contributed by atoms with E-state index in [1.165, 1.54) is 0 Å². The second-order valence-electron chi connectivity index (χ2n) is 5.28. The molecule has 0 aliphatic heterocycles. The molecule has 0 aliphatic carbocycles. The number of carbonyl (C=O) groups excluding carboxylic acids is 2. The topological polar surface area (TPSA) is 110 Å². The summed E-state index contributed by atoms with van der Waals surface area (Å²) >= 11 is 0. The first-order valence-corrected chi connectivity index (χ1v) is 7.24. The van der Waals surface area contributed by atoms with Gasteiger partial charge < -0.3 is 22.1 Å². The molecule has 0 aliphatic rings. The molecule has 0 bridgehead atoms. The molecule has 0 fully saturated rings. The molecule has 6 nitrogen and oxygen atoms in total. The number of primary amides is 2. The third kappa shape index (κ3) is 4.82. The van der Waals surface area contributed by atoms with Gasteiger partial charge in [0.25, 0.3) is 0 Å². The van der Waals surface area contributed by atoms with Gasteiger partial charge in [0.05, 0.1) is 0 Å². The number of urea groups is 1. The highest BCUT2D eigenvalue weighted by Crippen LogP contribution is 2.16. The van der Waals surface area contributed by atoms with Crippen molar-refractivity contribution in [2.24, 2.45) is 11.5 Å². The van der Waals surface area contributed by atoms with Crippen LogP contribution in [0.1, 0.15) is 34.5 Å². The Kier molecular flexibility index (Phi) is 5.32. The quantitative estimate of drug-likeness (QED) is 0.655. The van der Waals surface area contributed by atoms with E-state index in [1.807, 2.05) is 31.2 Å². The van der Waals surface area contributed by atoms with Crippen LogP contribution >= 0.6 is 0 Å². The number of hydrogen-bond donors (Lipinski definition) is 4. The van der Waals surface area contributed by atoms with Crippen LogP contribution in [-0.4, -0.2) is 11.9 Å². The van der Waals surface area contributed by atoms with E-state index in [0.29, 0.717) is 17.8 Å². The van der Waals surface area contributed by atoms with Crippen molar-refractivity contribution in [3.63, 3.8) is 0 Å².